The van der Waals surface area contributed by atoms with Gasteiger partial charge in [-0.1, -0.05) is 6.07 Å². The fourth-order valence-corrected chi connectivity index (χ4v) is 2.21. The van der Waals surface area contributed by atoms with E-state index in [2.05, 4.69) is 0 Å². The molecule has 0 spiro atoms. The van der Waals surface area contributed by atoms with Gasteiger partial charge in [-0.05, 0) is 18.6 Å². The lowest BCUT2D eigenvalue weighted by Crippen LogP contribution is -2.30. The summed E-state index contributed by atoms with van der Waals surface area (Å²) >= 11 is 0. The van der Waals surface area contributed by atoms with Gasteiger partial charge in [-0.3, -0.25) is 14.9 Å². The second kappa shape index (κ2) is 5.23. The highest BCUT2D eigenvalue weighted by molar-refractivity contribution is 6.00. The van der Waals surface area contributed by atoms with Crippen LogP contribution in [0.15, 0.2) is 18.2 Å². The molecule has 2 rings (SSSR count). The number of nitro benzene ring substituents is 1. The second-order valence-corrected chi connectivity index (χ2v) is 4.40. The molecule has 0 aliphatic carbocycles. The van der Waals surface area contributed by atoms with Gasteiger partial charge in [0.2, 0.25) is 0 Å². The molecule has 1 heterocycles. The summed E-state index contributed by atoms with van der Waals surface area (Å²) in [5.41, 5.74) is 5.28. The summed E-state index contributed by atoms with van der Waals surface area (Å²) in [7, 11) is 1.58. The number of hydrogen-bond donors (Lipinski definition) is 1. The fourth-order valence-electron chi connectivity index (χ4n) is 2.21. The highest BCUT2D eigenvalue weighted by Gasteiger charge is 2.31. The number of nitrogens with zero attached hydrogens (tertiary/aromatic N) is 2. The molecule has 1 atom stereocenters. The predicted molar refractivity (Wildman–Crippen MR) is 68.8 cm³/mol. The topological polar surface area (TPSA) is 98.7 Å². The van der Waals surface area contributed by atoms with E-state index >= 15 is 0 Å². The molecule has 7 heteroatoms. The molecule has 0 bridgehead atoms. The number of rotatable bonds is 3. The van der Waals surface area contributed by atoms with Crippen LogP contribution in [0.5, 0.6) is 0 Å². The lowest BCUT2D eigenvalue weighted by atomic mass is 10.1. The molecule has 7 nitrogen and oxygen atoms in total. The Bertz CT molecular complexity index is 518. The van der Waals surface area contributed by atoms with Crippen LogP contribution in [-0.4, -0.2) is 42.0 Å². The number of anilines is 1. The van der Waals surface area contributed by atoms with Crippen LogP contribution in [0.25, 0.3) is 0 Å². The summed E-state index contributed by atoms with van der Waals surface area (Å²) in [6.45, 7) is 0.977. The molecule has 1 aliphatic rings. The van der Waals surface area contributed by atoms with E-state index in [1.807, 2.05) is 0 Å². The summed E-state index contributed by atoms with van der Waals surface area (Å²) < 4.78 is 5.18. The molecule has 102 valence electrons. The molecule has 1 unspecified atom stereocenters. The number of nitrogens with two attached hydrogens (primary N) is 1. The zero-order chi connectivity index (χ0) is 14.0. The summed E-state index contributed by atoms with van der Waals surface area (Å²) in [4.78, 5) is 24.2. The Balaban J connectivity index is 2.30. The minimum atomic E-state index is -0.619. The van der Waals surface area contributed by atoms with Gasteiger partial charge in [0.15, 0.2) is 0 Å². The number of methoxy groups -OCH3 is 1. The van der Waals surface area contributed by atoms with Crippen LogP contribution in [0.1, 0.15) is 16.8 Å². The first-order valence-corrected chi connectivity index (χ1v) is 5.89. The number of nitro groups is 1. The molecular weight excluding hydrogens is 250 g/mol. The maximum Gasteiger partial charge on any atom is 0.304 e. The smallest absolute Gasteiger partial charge is 0.304 e. The number of para-hydroxylation sites is 1. The van der Waals surface area contributed by atoms with E-state index in [-0.39, 0.29) is 28.9 Å². The van der Waals surface area contributed by atoms with Crippen molar-refractivity contribution in [1.29, 1.82) is 0 Å². The van der Waals surface area contributed by atoms with Gasteiger partial charge in [-0.25, -0.2) is 0 Å². The lowest BCUT2D eigenvalue weighted by molar-refractivity contribution is -0.384. The van der Waals surface area contributed by atoms with E-state index in [1.54, 1.807) is 18.1 Å². The van der Waals surface area contributed by atoms with Gasteiger partial charge < -0.3 is 15.4 Å². The van der Waals surface area contributed by atoms with Crippen molar-refractivity contribution < 1.29 is 14.5 Å². The number of carbonyl (C=O) groups is 1. The van der Waals surface area contributed by atoms with Gasteiger partial charge >= 0.3 is 5.69 Å². The van der Waals surface area contributed by atoms with E-state index in [1.165, 1.54) is 12.1 Å². The highest BCUT2D eigenvalue weighted by Crippen LogP contribution is 2.28. The Hall–Kier alpha value is -2.15. The molecular formula is C12H15N3O4. The van der Waals surface area contributed by atoms with Crippen molar-refractivity contribution in [1.82, 2.24) is 4.90 Å². The van der Waals surface area contributed by atoms with Crippen LogP contribution in [0.3, 0.4) is 0 Å². The van der Waals surface area contributed by atoms with Gasteiger partial charge in [0, 0.05) is 20.2 Å². The number of benzene rings is 1. The summed E-state index contributed by atoms with van der Waals surface area (Å²) in [6.07, 6.45) is 0.724. The SMILES string of the molecule is COC1CCN(C(=O)c2cccc(N)c2[N+](=O)[O-])C1. The third-order valence-corrected chi connectivity index (χ3v) is 3.25. The predicted octanol–water partition coefficient (Wildman–Crippen LogP) is 1.04. The Morgan fingerprint density at radius 2 is 2.32 bits per heavy atom. The summed E-state index contributed by atoms with van der Waals surface area (Å²) in [6, 6.07) is 4.38. The third-order valence-electron chi connectivity index (χ3n) is 3.25. The number of hydrogen-bond acceptors (Lipinski definition) is 5. The zero-order valence-corrected chi connectivity index (χ0v) is 10.5. The van der Waals surface area contributed by atoms with Crippen LogP contribution in [-0.2, 0) is 4.74 Å². The number of likely N-dealkylation sites (tertiary alicyclic amines) is 1. The first kappa shape index (κ1) is 13.3. The van der Waals surface area contributed by atoms with Crippen molar-refractivity contribution >= 4 is 17.3 Å². The first-order chi connectivity index (χ1) is 9.04. The number of carbonyl (C=O) groups excluding carboxylic acids is 1. The third kappa shape index (κ3) is 2.50. The Morgan fingerprint density at radius 1 is 1.58 bits per heavy atom. The standard InChI is InChI=1S/C12H15N3O4/c1-19-8-5-6-14(7-8)12(16)9-3-2-4-10(13)11(9)15(17)18/h2-4,8H,5-7,13H2,1H3. The minimum Gasteiger partial charge on any atom is -0.393 e. The van der Waals surface area contributed by atoms with Gasteiger partial charge in [0.1, 0.15) is 11.3 Å². The molecule has 1 saturated heterocycles. The highest BCUT2D eigenvalue weighted by atomic mass is 16.6. The van der Waals surface area contributed by atoms with E-state index in [4.69, 9.17) is 10.5 Å². The van der Waals surface area contributed by atoms with Crippen molar-refractivity contribution in [2.75, 3.05) is 25.9 Å². The van der Waals surface area contributed by atoms with Crippen molar-refractivity contribution in [2.24, 2.45) is 0 Å². The average molecular weight is 265 g/mol. The Labute approximate surface area is 110 Å². The monoisotopic (exact) mass is 265 g/mol. The quantitative estimate of drug-likeness (QED) is 0.500. The number of nitrogen functional groups attached to an aromatic ring is 1. The Morgan fingerprint density at radius 3 is 2.89 bits per heavy atom. The Kier molecular flexibility index (Phi) is 3.66. The number of ether oxygens (including phenoxy) is 1. The molecule has 0 radical (unpaired) electrons. The van der Waals surface area contributed by atoms with Crippen molar-refractivity contribution in [3.8, 4) is 0 Å². The van der Waals surface area contributed by atoms with Crippen molar-refractivity contribution in [3.63, 3.8) is 0 Å². The molecule has 1 aromatic rings. The van der Waals surface area contributed by atoms with Crippen LogP contribution >= 0.6 is 0 Å². The maximum absolute atomic E-state index is 12.3. The van der Waals surface area contributed by atoms with Crippen LogP contribution < -0.4 is 5.73 Å². The molecule has 0 aromatic heterocycles. The van der Waals surface area contributed by atoms with E-state index < -0.39 is 4.92 Å². The molecule has 1 aliphatic heterocycles. The minimum absolute atomic E-state index is 0.00154. The number of amides is 1. The summed E-state index contributed by atoms with van der Waals surface area (Å²) in [5.74, 6) is -0.376. The second-order valence-electron chi connectivity index (χ2n) is 4.40. The van der Waals surface area contributed by atoms with E-state index in [9.17, 15) is 14.9 Å². The van der Waals surface area contributed by atoms with Crippen LogP contribution in [0.2, 0.25) is 0 Å². The fraction of sp³-hybridized carbons (Fsp3) is 0.417. The average Bonchev–Trinajstić information content (AvgIpc) is 2.85. The van der Waals surface area contributed by atoms with Crippen LogP contribution in [0, 0.1) is 10.1 Å². The van der Waals surface area contributed by atoms with E-state index in [0.717, 1.165) is 6.42 Å². The lowest BCUT2D eigenvalue weighted by Gasteiger charge is -2.16. The molecule has 1 fully saturated rings. The largest absolute Gasteiger partial charge is 0.393 e. The zero-order valence-electron chi connectivity index (χ0n) is 10.5. The van der Waals surface area contributed by atoms with Gasteiger partial charge in [-0.2, -0.15) is 0 Å². The van der Waals surface area contributed by atoms with Gasteiger partial charge in [0.25, 0.3) is 5.91 Å². The molecule has 19 heavy (non-hydrogen) atoms. The van der Waals surface area contributed by atoms with Gasteiger partial charge in [-0.15, -0.1) is 0 Å². The van der Waals surface area contributed by atoms with Gasteiger partial charge in [0.05, 0.1) is 11.0 Å². The van der Waals surface area contributed by atoms with Crippen molar-refractivity contribution in [3.05, 3.63) is 33.9 Å². The summed E-state index contributed by atoms with van der Waals surface area (Å²) in [5, 5.41) is 11.0. The van der Waals surface area contributed by atoms with Crippen LogP contribution in [0.4, 0.5) is 11.4 Å². The first-order valence-electron chi connectivity index (χ1n) is 5.89. The van der Waals surface area contributed by atoms with E-state index in [0.29, 0.717) is 13.1 Å². The normalized spacial score (nSPS) is 18.6. The molecule has 0 saturated carbocycles. The molecule has 1 aromatic carbocycles. The molecule has 2 N–H and O–H groups in total. The van der Waals surface area contributed by atoms with Crippen molar-refractivity contribution in [2.45, 2.75) is 12.5 Å². The maximum atomic E-state index is 12.3. The molecule has 1 amide bonds.